The van der Waals surface area contributed by atoms with Gasteiger partial charge in [0.1, 0.15) is 11.4 Å². The first-order chi connectivity index (χ1) is 13.4. The van der Waals surface area contributed by atoms with Gasteiger partial charge in [-0.1, -0.05) is 13.5 Å². The fourth-order valence-electron chi connectivity index (χ4n) is 2.66. The number of hydrogen-bond donors (Lipinski definition) is 0. The minimum Gasteiger partial charge on any atom is -0.325 e. The van der Waals surface area contributed by atoms with Crippen molar-refractivity contribution in [2.75, 3.05) is 5.75 Å². The summed E-state index contributed by atoms with van der Waals surface area (Å²) in [5.74, 6) is 0.765. The molecular formula is C18H14F6N4S. The Bertz CT molecular complexity index is 1080. The summed E-state index contributed by atoms with van der Waals surface area (Å²) in [5, 5.41) is 0. The summed E-state index contributed by atoms with van der Waals surface area (Å²) >= 11 is 1.25. The van der Waals surface area contributed by atoms with Crippen molar-refractivity contribution < 1.29 is 26.3 Å². The second kappa shape index (κ2) is 7.36. The molecule has 11 heteroatoms. The van der Waals surface area contributed by atoms with Crippen molar-refractivity contribution in [1.82, 2.24) is 19.5 Å². The van der Waals surface area contributed by atoms with Crippen LogP contribution in [0.15, 0.2) is 36.0 Å². The van der Waals surface area contributed by atoms with Gasteiger partial charge in [0.05, 0.1) is 22.8 Å². The zero-order chi connectivity index (χ0) is 21.6. The molecule has 3 rings (SSSR count). The van der Waals surface area contributed by atoms with Crippen molar-refractivity contribution in [2.45, 2.75) is 24.2 Å². The van der Waals surface area contributed by atoms with Crippen molar-refractivity contribution in [3.8, 4) is 11.5 Å². The summed E-state index contributed by atoms with van der Waals surface area (Å²) in [7, 11) is 1.57. The van der Waals surface area contributed by atoms with E-state index in [0.29, 0.717) is 16.2 Å². The van der Waals surface area contributed by atoms with Gasteiger partial charge in [0.15, 0.2) is 5.82 Å². The van der Waals surface area contributed by atoms with Gasteiger partial charge in [-0.3, -0.25) is 4.98 Å². The molecule has 0 aliphatic rings. The van der Waals surface area contributed by atoms with Gasteiger partial charge in [0.25, 0.3) is 0 Å². The van der Waals surface area contributed by atoms with E-state index in [4.69, 9.17) is 0 Å². The molecular weight excluding hydrogens is 418 g/mol. The molecule has 0 N–H and O–H groups in total. The maximum absolute atomic E-state index is 13.0. The summed E-state index contributed by atoms with van der Waals surface area (Å²) < 4.78 is 79.1. The van der Waals surface area contributed by atoms with Gasteiger partial charge >= 0.3 is 12.4 Å². The van der Waals surface area contributed by atoms with Gasteiger partial charge in [-0.05, 0) is 17.9 Å². The number of imidazole rings is 1. The molecule has 0 fully saturated rings. The van der Waals surface area contributed by atoms with E-state index in [1.165, 1.54) is 22.4 Å². The number of alkyl halides is 6. The third-order valence-corrected chi connectivity index (χ3v) is 5.02. The first kappa shape index (κ1) is 21.2. The van der Waals surface area contributed by atoms with E-state index in [0.717, 1.165) is 18.5 Å². The SMILES string of the molecule is C=C(c1cnc(-c2nc3cc(C(F)(F)F)ncc3n2C)c(SCC)c1)C(F)(F)F. The predicted molar refractivity (Wildman–Crippen MR) is 98.2 cm³/mol. The van der Waals surface area contributed by atoms with Gasteiger partial charge < -0.3 is 4.57 Å². The van der Waals surface area contributed by atoms with Gasteiger partial charge in [-0.2, -0.15) is 26.3 Å². The molecule has 3 heterocycles. The molecule has 0 aliphatic heterocycles. The van der Waals surface area contributed by atoms with E-state index in [9.17, 15) is 26.3 Å². The Kier molecular flexibility index (Phi) is 5.37. The van der Waals surface area contributed by atoms with Crippen LogP contribution >= 0.6 is 11.8 Å². The Morgan fingerprint density at radius 3 is 2.38 bits per heavy atom. The number of allylic oxidation sites excluding steroid dienone is 1. The maximum Gasteiger partial charge on any atom is 0.433 e. The molecule has 29 heavy (non-hydrogen) atoms. The normalized spacial score (nSPS) is 12.6. The lowest BCUT2D eigenvalue weighted by atomic mass is 10.1. The fourth-order valence-corrected chi connectivity index (χ4v) is 3.46. The summed E-state index contributed by atoms with van der Waals surface area (Å²) in [6.07, 6.45) is -7.13. The van der Waals surface area contributed by atoms with Crippen molar-refractivity contribution in [3.63, 3.8) is 0 Å². The highest BCUT2D eigenvalue weighted by Gasteiger charge is 2.34. The predicted octanol–water partition coefficient (Wildman–Crippen LogP) is 5.74. The van der Waals surface area contributed by atoms with Gasteiger partial charge in [-0.25, -0.2) is 9.97 Å². The standard InChI is InChI=1S/C18H14F6N4S/c1-4-29-13-5-10(9(2)17(19,20)21)7-26-15(13)16-27-11-6-14(18(22,23)24)25-8-12(11)28(16)3/h5-8H,2,4H2,1,3H3. The second-order valence-electron chi connectivity index (χ2n) is 6.03. The van der Waals surface area contributed by atoms with Crippen LogP contribution in [0.3, 0.4) is 0 Å². The van der Waals surface area contributed by atoms with Crippen molar-refractivity contribution in [2.24, 2.45) is 7.05 Å². The van der Waals surface area contributed by atoms with Gasteiger partial charge in [-0.15, -0.1) is 11.8 Å². The Hall–Kier alpha value is -2.56. The zero-order valence-corrected chi connectivity index (χ0v) is 16.0. The summed E-state index contributed by atoms with van der Waals surface area (Å²) in [5.41, 5.74) is -1.63. The summed E-state index contributed by atoms with van der Waals surface area (Å²) in [6, 6.07) is 2.14. The minimum atomic E-state index is -4.62. The molecule has 0 aliphatic carbocycles. The van der Waals surface area contributed by atoms with E-state index in [1.54, 1.807) is 7.05 Å². The van der Waals surface area contributed by atoms with E-state index in [2.05, 4.69) is 21.5 Å². The molecule has 154 valence electrons. The van der Waals surface area contributed by atoms with Crippen LogP contribution in [0.2, 0.25) is 0 Å². The average molecular weight is 432 g/mol. The largest absolute Gasteiger partial charge is 0.433 e. The summed E-state index contributed by atoms with van der Waals surface area (Å²) in [6.45, 7) is 4.89. The number of aromatic nitrogens is 4. The van der Waals surface area contributed by atoms with Crippen LogP contribution in [-0.2, 0) is 13.2 Å². The monoisotopic (exact) mass is 432 g/mol. The molecule has 0 atom stereocenters. The van der Waals surface area contributed by atoms with Crippen LogP contribution in [0.5, 0.6) is 0 Å². The molecule has 4 nitrogen and oxygen atoms in total. The number of hydrogen-bond acceptors (Lipinski definition) is 4. The number of aryl methyl sites for hydroxylation is 1. The van der Waals surface area contributed by atoms with Crippen molar-refractivity contribution in [3.05, 3.63) is 42.4 Å². The van der Waals surface area contributed by atoms with Crippen LogP contribution in [0.1, 0.15) is 18.2 Å². The number of halogens is 6. The molecule has 0 bridgehead atoms. The molecule has 0 amide bonds. The zero-order valence-electron chi connectivity index (χ0n) is 15.2. The summed E-state index contributed by atoms with van der Waals surface area (Å²) in [4.78, 5) is 12.2. The number of fused-ring (bicyclic) bond motifs is 1. The molecule has 0 saturated carbocycles. The topological polar surface area (TPSA) is 43.6 Å². The minimum absolute atomic E-state index is 0.0582. The van der Waals surface area contributed by atoms with Crippen LogP contribution in [0.4, 0.5) is 26.3 Å². The number of thioether (sulfide) groups is 1. The number of rotatable bonds is 4. The van der Waals surface area contributed by atoms with E-state index in [-0.39, 0.29) is 22.6 Å². The molecule has 0 saturated heterocycles. The van der Waals surface area contributed by atoms with Crippen LogP contribution in [-0.4, -0.2) is 31.4 Å². The van der Waals surface area contributed by atoms with Crippen LogP contribution in [0, 0.1) is 0 Å². The van der Waals surface area contributed by atoms with Crippen molar-refractivity contribution >= 4 is 28.4 Å². The molecule has 0 unspecified atom stereocenters. The van der Waals surface area contributed by atoms with E-state index >= 15 is 0 Å². The molecule has 3 aromatic rings. The third-order valence-electron chi connectivity index (χ3n) is 4.11. The number of nitrogens with zero attached hydrogens (tertiary/aromatic N) is 4. The first-order valence-electron chi connectivity index (χ1n) is 8.22. The first-order valence-corrected chi connectivity index (χ1v) is 9.21. The van der Waals surface area contributed by atoms with Crippen LogP contribution in [0.25, 0.3) is 28.1 Å². The lowest BCUT2D eigenvalue weighted by Gasteiger charge is -2.13. The quantitative estimate of drug-likeness (QED) is 0.390. The van der Waals surface area contributed by atoms with E-state index < -0.39 is 23.6 Å². The fraction of sp³-hybridized carbons (Fsp3) is 0.278. The third kappa shape index (κ3) is 4.09. The average Bonchev–Trinajstić information content (AvgIpc) is 2.96. The smallest absolute Gasteiger partial charge is 0.325 e. The number of pyridine rings is 2. The van der Waals surface area contributed by atoms with E-state index in [1.807, 2.05) is 6.92 Å². The molecule has 0 spiro atoms. The Morgan fingerprint density at radius 2 is 1.79 bits per heavy atom. The Balaban J connectivity index is 2.15. The second-order valence-corrected chi connectivity index (χ2v) is 7.34. The van der Waals surface area contributed by atoms with Gasteiger partial charge in [0.2, 0.25) is 0 Å². The Morgan fingerprint density at radius 1 is 1.10 bits per heavy atom. The Labute approximate surface area is 165 Å². The lowest BCUT2D eigenvalue weighted by Crippen LogP contribution is -2.10. The van der Waals surface area contributed by atoms with Crippen LogP contribution < -0.4 is 0 Å². The highest BCUT2D eigenvalue weighted by Crippen LogP contribution is 2.37. The van der Waals surface area contributed by atoms with Crippen molar-refractivity contribution in [1.29, 1.82) is 0 Å². The molecule has 0 aromatic carbocycles. The molecule has 0 radical (unpaired) electrons. The molecule has 3 aromatic heterocycles. The van der Waals surface area contributed by atoms with Gasteiger partial charge in [0, 0.05) is 23.7 Å². The highest BCUT2D eigenvalue weighted by molar-refractivity contribution is 7.99. The highest BCUT2D eigenvalue weighted by atomic mass is 32.2. The lowest BCUT2D eigenvalue weighted by molar-refractivity contribution is -0.141. The maximum atomic E-state index is 13.0.